The fourth-order valence-electron chi connectivity index (χ4n) is 3.47. The van der Waals surface area contributed by atoms with Crippen molar-refractivity contribution in [2.45, 2.75) is 6.42 Å². The van der Waals surface area contributed by atoms with Crippen LogP contribution in [0.25, 0.3) is 17.0 Å². The summed E-state index contributed by atoms with van der Waals surface area (Å²) in [6.45, 7) is 0.550. The van der Waals surface area contributed by atoms with E-state index in [0.717, 1.165) is 17.6 Å². The van der Waals surface area contributed by atoms with Crippen LogP contribution in [0.4, 0.5) is 5.69 Å². The Hall–Kier alpha value is -3.51. The van der Waals surface area contributed by atoms with Gasteiger partial charge in [-0.3, -0.25) is 9.69 Å². The van der Waals surface area contributed by atoms with Crippen molar-refractivity contribution in [1.29, 1.82) is 0 Å². The van der Waals surface area contributed by atoms with Crippen molar-refractivity contribution in [2.24, 2.45) is 4.99 Å². The molecule has 1 saturated heterocycles. The molecular formula is C24H19N3O2S. The number of nitrogens with one attached hydrogen (secondary N) is 1. The number of thioether (sulfide) groups is 1. The zero-order valence-corrected chi connectivity index (χ0v) is 16.9. The molecule has 4 aromatic rings. The van der Waals surface area contributed by atoms with Crippen molar-refractivity contribution >= 4 is 45.5 Å². The van der Waals surface area contributed by atoms with Gasteiger partial charge in [-0.05, 0) is 54.1 Å². The Morgan fingerprint density at radius 3 is 2.70 bits per heavy atom. The molecule has 148 valence electrons. The van der Waals surface area contributed by atoms with Crippen LogP contribution in [0.15, 0.2) is 93.5 Å². The number of carbonyl (C=O) groups is 1. The van der Waals surface area contributed by atoms with Gasteiger partial charge in [-0.15, -0.1) is 0 Å². The molecule has 30 heavy (non-hydrogen) atoms. The standard InChI is InChI=1S/C24H19N3O2S/c28-23-22(15-19-9-6-14-29-19)30-24(26-18-7-2-1-3-8-18)27(23)13-12-17-16-25-21-11-5-4-10-20(17)21/h1-11,14-16,25H,12-13H2. The number of aromatic nitrogens is 1. The topological polar surface area (TPSA) is 61.6 Å². The highest BCUT2D eigenvalue weighted by molar-refractivity contribution is 8.18. The van der Waals surface area contributed by atoms with Gasteiger partial charge in [-0.1, -0.05) is 36.4 Å². The van der Waals surface area contributed by atoms with E-state index in [1.54, 1.807) is 17.2 Å². The number of para-hydroxylation sites is 2. The molecule has 2 aromatic heterocycles. The molecule has 1 aliphatic rings. The molecule has 2 aromatic carbocycles. The highest BCUT2D eigenvalue weighted by Crippen LogP contribution is 2.34. The molecule has 1 N–H and O–H groups in total. The predicted molar refractivity (Wildman–Crippen MR) is 122 cm³/mol. The minimum atomic E-state index is -0.0501. The molecule has 1 aliphatic heterocycles. The van der Waals surface area contributed by atoms with Crippen LogP contribution in [0, 0.1) is 0 Å². The van der Waals surface area contributed by atoms with E-state index in [-0.39, 0.29) is 5.91 Å². The smallest absolute Gasteiger partial charge is 0.266 e. The lowest BCUT2D eigenvalue weighted by molar-refractivity contribution is -0.122. The van der Waals surface area contributed by atoms with Gasteiger partial charge in [0.05, 0.1) is 16.9 Å². The lowest BCUT2D eigenvalue weighted by Crippen LogP contribution is -2.31. The first-order valence-electron chi connectivity index (χ1n) is 9.71. The minimum Gasteiger partial charge on any atom is -0.465 e. The molecule has 1 amide bonds. The van der Waals surface area contributed by atoms with Gasteiger partial charge in [-0.2, -0.15) is 0 Å². The number of nitrogens with zero attached hydrogens (tertiary/aromatic N) is 2. The second-order valence-corrected chi connectivity index (χ2v) is 7.93. The first-order valence-corrected chi connectivity index (χ1v) is 10.5. The van der Waals surface area contributed by atoms with Crippen LogP contribution in [0.1, 0.15) is 11.3 Å². The summed E-state index contributed by atoms with van der Waals surface area (Å²) in [5.41, 5.74) is 3.11. The third-order valence-corrected chi connectivity index (χ3v) is 5.97. The number of furan rings is 1. The number of carbonyl (C=O) groups excluding carboxylic acids is 1. The molecule has 0 spiro atoms. The van der Waals surface area contributed by atoms with Gasteiger partial charge in [0.15, 0.2) is 5.17 Å². The fraction of sp³-hybridized carbons (Fsp3) is 0.0833. The van der Waals surface area contributed by atoms with Crippen LogP contribution < -0.4 is 0 Å². The van der Waals surface area contributed by atoms with Gasteiger partial charge >= 0.3 is 0 Å². The Kier molecular flexibility index (Phi) is 4.99. The van der Waals surface area contributed by atoms with Gasteiger partial charge in [0, 0.05) is 29.7 Å². The second kappa shape index (κ2) is 8.08. The molecular weight excluding hydrogens is 394 g/mol. The van der Waals surface area contributed by atoms with Crippen molar-refractivity contribution in [2.75, 3.05) is 6.54 Å². The SMILES string of the molecule is O=C1C(=Cc2ccco2)SC(=Nc2ccccc2)N1CCc1c[nH]c2ccccc12. The van der Waals surface area contributed by atoms with Crippen LogP contribution >= 0.6 is 11.8 Å². The summed E-state index contributed by atoms with van der Waals surface area (Å²) in [5.74, 6) is 0.606. The Labute approximate surface area is 178 Å². The number of aromatic amines is 1. The maximum Gasteiger partial charge on any atom is 0.266 e. The van der Waals surface area contributed by atoms with Crippen molar-refractivity contribution in [3.8, 4) is 0 Å². The second-order valence-electron chi connectivity index (χ2n) is 6.92. The Balaban J connectivity index is 1.45. The summed E-state index contributed by atoms with van der Waals surface area (Å²) in [5, 5.41) is 1.87. The minimum absolute atomic E-state index is 0.0501. The molecule has 0 atom stereocenters. The number of hydrogen-bond acceptors (Lipinski definition) is 4. The molecule has 5 nitrogen and oxygen atoms in total. The first kappa shape index (κ1) is 18.5. The molecule has 5 rings (SSSR count). The van der Waals surface area contributed by atoms with E-state index in [4.69, 9.17) is 9.41 Å². The molecule has 0 radical (unpaired) electrons. The normalized spacial score (nSPS) is 16.9. The van der Waals surface area contributed by atoms with Crippen LogP contribution in [0.3, 0.4) is 0 Å². The Morgan fingerprint density at radius 2 is 1.87 bits per heavy atom. The van der Waals surface area contributed by atoms with Crippen molar-refractivity contribution in [3.05, 3.63) is 95.4 Å². The Bertz CT molecular complexity index is 1240. The van der Waals surface area contributed by atoms with Gasteiger partial charge in [0.2, 0.25) is 0 Å². The fourth-order valence-corrected chi connectivity index (χ4v) is 4.48. The van der Waals surface area contributed by atoms with E-state index in [0.29, 0.717) is 22.4 Å². The summed E-state index contributed by atoms with van der Waals surface area (Å²) < 4.78 is 5.40. The molecule has 0 unspecified atom stereocenters. The van der Waals surface area contributed by atoms with E-state index in [1.165, 1.54) is 22.7 Å². The van der Waals surface area contributed by atoms with Gasteiger partial charge in [0.25, 0.3) is 5.91 Å². The number of amidine groups is 1. The van der Waals surface area contributed by atoms with Crippen LogP contribution in [-0.2, 0) is 11.2 Å². The maximum atomic E-state index is 13.2. The number of benzene rings is 2. The third kappa shape index (κ3) is 3.69. The summed E-state index contributed by atoms with van der Waals surface area (Å²) in [4.78, 5) is 23.6. The monoisotopic (exact) mass is 413 g/mol. The summed E-state index contributed by atoms with van der Waals surface area (Å²) in [6, 6.07) is 21.6. The number of amides is 1. The number of hydrogen-bond donors (Lipinski definition) is 1. The van der Waals surface area contributed by atoms with Crippen LogP contribution in [0.5, 0.6) is 0 Å². The van der Waals surface area contributed by atoms with E-state index in [9.17, 15) is 4.79 Å². The average Bonchev–Trinajstić information content (AvgIpc) is 3.49. The average molecular weight is 414 g/mol. The van der Waals surface area contributed by atoms with Gasteiger partial charge in [0.1, 0.15) is 5.76 Å². The molecule has 0 bridgehead atoms. The molecule has 6 heteroatoms. The lowest BCUT2D eigenvalue weighted by Gasteiger charge is -2.15. The number of fused-ring (bicyclic) bond motifs is 1. The zero-order valence-electron chi connectivity index (χ0n) is 16.1. The Morgan fingerprint density at radius 1 is 1.03 bits per heavy atom. The highest BCUT2D eigenvalue weighted by Gasteiger charge is 2.33. The number of H-pyrrole nitrogens is 1. The number of rotatable bonds is 5. The van der Waals surface area contributed by atoms with Gasteiger partial charge in [-0.25, -0.2) is 4.99 Å². The molecule has 0 saturated carbocycles. The number of aliphatic imine (C=N–C) groups is 1. The summed E-state index contributed by atoms with van der Waals surface area (Å²) in [6.07, 6.45) is 6.13. The maximum absolute atomic E-state index is 13.2. The summed E-state index contributed by atoms with van der Waals surface area (Å²) in [7, 11) is 0. The van der Waals surface area contributed by atoms with Crippen molar-refractivity contribution in [1.82, 2.24) is 9.88 Å². The predicted octanol–water partition coefficient (Wildman–Crippen LogP) is 5.61. The van der Waals surface area contributed by atoms with E-state index < -0.39 is 0 Å². The van der Waals surface area contributed by atoms with Crippen molar-refractivity contribution < 1.29 is 9.21 Å². The highest BCUT2D eigenvalue weighted by atomic mass is 32.2. The van der Waals surface area contributed by atoms with Crippen molar-refractivity contribution in [3.63, 3.8) is 0 Å². The largest absolute Gasteiger partial charge is 0.465 e. The lowest BCUT2D eigenvalue weighted by atomic mass is 10.1. The van der Waals surface area contributed by atoms with E-state index in [2.05, 4.69) is 17.1 Å². The van der Waals surface area contributed by atoms with Crippen LogP contribution in [-0.4, -0.2) is 27.5 Å². The van der Waals surface area contributed by atoms with Crippen LogP contribution in [0.2, 0.25) is 0 Å². The quantitative estimate of drug-likeness (QED) is 0.433. The third-order valence-electron chi connectivity index (χ3n) is 4.97. The van der Waals surface area contributed by atoms with E-state index >= 15 is 0 Å². The zero-order chi connectivity index (χ0) is 20.3. The van der Waals surface area contributed by atoms with Gasteiger partial charge < -0.3 is 9.40 Å². The van der Waals surface area contributed by atoms with E-state index in [1.807, 2.05) is 60.8 Å². The molecule has 0 aliphatic carbocycles. The summed E-state index contributed by atoms with van der Waals surface area (Å²) >= 11 is 1.38. The first-order chi connectivity index (χ1) is 14.8. The molecule has 1 fully saturated rings. The molecule has 3 heterocycles.